The Balaban J connectivity index is 2.29. The molecule has 20 heavy (non-hydrogen) atoms. The summed E-state index contributed by atoms with van der Waals surface area (Å²) >= 11 is 0. The number of amides is 1. The van der Waals surface area contributed by atoms with E-state index in [2.05, 4.69) is 0 Å². The van der Waals surface area contributed by atoms with Crippen molar-refractivity contribution >= 4 is 5.91 Å². The zero-order valence-electron chi connectivity index (χ0n) is 12.6. The van der Waals surface area contributed by atoms with Gasteiger partial charge in [0.2, 0.25) is 5.91 Å². The van der Waals surface area contributed by atoms with Gasteiger partial charge >= 0.3 is 0 Å². The van der Waals surface area contributed by atoms with E-state index >= 15 is 0 Å². The second kappa shape index (κ2) is 9.37. The lowest BCUT2D eigenvalue weighted by molar-refractivity contribution is -0.130. The number of hydrogen-bond acceptors (Lipinski definition) is 3. The number of carbonyl (C=O) groups excluding carboxylic acids is 1. The van der Waals surface area contributed by atoms with E-state index in [1.165, 1.54) is 0 Å². The van der Waals surface area contributed by atoms with Crippen LogP contribution in [0.2, 0.25) is 0 Å². The van der Waals surface area contributed by atoms with Gasteiger partial charge in [0.25, 0.3) is 0 Å². The van der Waals surface area contributed by atoms with Crippen molar-refractivity contribution < 1.29 is 9.53 Å². The second-order valence-corrected chi connectivity index (χ2v) is 5.05. The fourth-order valence-corrected chi connectivity index (χ4v) is 2.06. The summed E-state index contributed by atoms with van der Waals surface area (Å²) in [5.41, 5.74) is 6.56. The van der Waals surface area contributed by atoms with Gasteiger partial charge in [-0.1, -0.05) is 25.0 Å². The molecule has 1 aromatic rings. The first-order chi connectivity index (χ1) is 9.67. The summed E-state index contributed by atoms with van der Waals surface area (Å²) in [5.74, 6) is 1.04. The third kappa shape index (κ3) is 6.06. The van der Waals surface area contributed by atoms with Crippen molar-refractivity contribution in [2.45, 2.75) is 38.6 Å². The summed E-state index contributed by atoms with van der Waals surface area (Å²) in [5, 5.41) is 0. The Hall–Kier alpha value is -1.55. The number of hydrogen-bond donors (Lipinski definition) is 1. The van der Waals surface area contributed by atoms with Gasteiger partial charge in [0.05, 0.1) is 7.11 Å². The predicted molar refractivity (Wildman–Crippen MR) is 81.6 cm³/mol. The molecule has 1 rings (SSSR count). The van der Waals surface area contributed by atoms with Crippen LogP contribution in [-0.4, -0.2) is 31.5 Å². The second-order valence-electron chi connectivity index (χ2n) is 5.05. The van der Waals surface area contributed by atoms with Crippen LogP contribution in [-0.2, 0) is 11.3 Å². The van der Waals surface area contributed by atoms with Crippen molar-refractivity contribution in [1.29, 1.82) is 0 Å². The highest BCUT2D eigenvalue weighted by molar-refractivity contribution is 5.75. The number of carbonyl (C=O) groups is 1. The number of nitrogens with zero attached hydrogens (tertiary/aromatic N) is 1. The van der Waals surface area contributed by atoms with Crippen molar-refractivity contribution in [2.24, 2.45) is 5.73 Å². The molecule has 0 spiro atoms. The van der Waals surface area contributed by atoms with E-state index in [1.54, 1.807) is 12.0 Å². The number of methoxy groups -OCH3 is 1. The highest BCUT2D eigenvalue weighted by atomic mass is 16.5. The molecule has 0 unspecified atom stereocenters. The van der Waals surface area contributed by atoms with E-state index in [-0.39, 0.29) is 5.91 Å². The Morgan fingerprint density at radius 2 is 1.80 bits per heavy atom. The molecule has 0 heterocycles. The molecule has 1 aromatic carbocycles. The first-order valence-corrected chi connectivity index (χ1v) is 7.24. The predicted octanol–water partition coefficient (Wildman–Crippen LogP) is 2.56. The number of rotatable bonds is 9. The van der Waals surface area contributed by atoms with Gasteiger partial charge in [-0.25, -0.2) is 0 Å². The highest BCUT2D eigenvalue weighted by Gasteiger charge is 2.08. The minimum atomic E-state index is 0.202. The van der Waals surface area contributed by atoms with Crippen molar-refractivity contribution in [3.05, 3.63) is 29.8 Å². The molecule has 0 saturated heterocycles. The topological polar surface area (TPSA) is 55.6 Å². The first-order valence-electron chi connectivity index (χ1n) is 7.24. The first kappa shape index (κ1) is 16.5. The molecule has 0 aromatic heterocycles. The summed E-state index contributed by atoms with van der Waals surface area (Å²) in [6.45, 7) is 1.39. The molecule has 0 aliphatic carbocycles. The Kier molecular flexibility index (Phi) is 7.73. The van der Waals surface area contributed by atoms with Crippen LogP contribution in [0.15, 0.2) is 24.3 Å². The zero-order chi connectivity index (χ0) is 14.8. The number of ether oxygens (including phenoxy) is 1. The summed E-state index contributed by atoms with van der Waals surface area (Å²) in [6, 6.07) is 7.81. The molecule has 0 bridgehead atoms. The van der Waals surface area contributed by atoms with Gasteiger partial charge in [-0.15, -0.1) is 0 Å². The lowest BCUT2D eigenvalue weighted by Crippen LogP contribution is -2.25. The average molecular weight is 278 g/mol. The molecule has 0 saturated carbocycles. The molecule has 1 amide bonds. The van der Waals surface area contributed by atoms with Gasteiger partial charge in [0.15, 0.2) is 0 Å². The summed E-state index contributed by atoms with van der Waals surface area (Å²) < 4.78 is 5.12. The molecule has 4 heteroatoms. The minimum Gasteiger partial charge on any atom is -0.497 e. The van der Waals surface area contributed by atoms with Crippen molar-refractivity contribution in [3.63, 3.8) is 0 Å². The van der Waals surface area contributed by atoms with Gasteiger partial charge in [0, 0.05) is 20.0 Å². The molecule has 0 atom stereocenters. The molecule has 0 aliphatic rings. The van der Waals surface area contributed by atoms with Gasteiger partial charge in [-0.2, -0.15) is 0 Å². The molecule has 0 radical (unpaired) electrons. The lowest BCUT2D eigenvalue weighted by Gasteiger charge is -2.17. The minimum absolute atomic E-state index is 0.202. The zero-order valence-corrected chi connectivity index (χ0v) is 12.6. The molecule has 0 aliphatic heterocycles. The number of benzene rings is 1. The molecule has 2 N–H and O–H groups in total. The fraction of sp³-hybridized carbons (Fsp3) is 0.562. The number of unbranched alkanes of at least 4 members (excludes halogenated alkanes) is 3. The maximum absolute atomic E-state index is 12.0. The number of nitrogens with two attached hydrogens (primary N) is 1. The molecule has 112 valence electrons. The van der Waals surface area contributed by atoms with Crippen LogP contribution in [0.5, 0.6) is 5.75 Å². The smallest absolute Gasteiger partial charge is 0.222 e. The molecule has 4 nitrogen and oxygen atoms in total. The third-order valence-electron chi connectivity index (χ3n) is 3.35. The van der Waals surface area contributed by atoms with Crippen molar-refractivity contribution in [3.8, 4) is 5.75 Å². The standard InChI is InChI=1S/C16H26N2O2/c1-18(16(19)7-5-3-4-6-12-17)13-14-8-10-15(20-2)11-9-14/h8-11H,3-7,12-13,17H2,1-2H3. The van der Waals surface area contributed by atoms with Crippen LogP contribution >= 0.6 is 0 Å². The van der Waals surface area contributed by atoms with Crippen LogP contribution < -0.4 is 10.5 Å². The van der Waals surface area contributed by atoms with Crippen molar-refractivity contribution in [1.82, 2.24) is 4.90 Å². The van der Waals surface area contributed by atoms with Gasteiger partial charge in [-0.05, 0) is 37.1 Å². The third-order valence-corrected chi connectivity index (χ3v) is 3.35. The average Bonchev–Trinajstić information content (AvgIpc) is 2.47. The van der Waals surface area contributed by atoms with E-state index in [4.69, 9.17) is 10.5 Å². The molecular formula is C16H26N2O2. The fourth-order valence-electron chi connectivity index (χ4n) is 2.06. The van der Waals surface area contributed by atoms with Crippen LogP contribution in [0, 0.1) is 0 Å². The maximum Gasteiger partial charge on any atom is 0.222 e. The maximum atomic E-state index is 12.0. The largest absolute Gasteiger partial charge is 0.497 e. The van der Waals surface area contributed by atoms with Crippen LogP contribution in [0.3, 0.4) is 0 Å². The van der Waals surface area contributed by atoms with E-state index in [9.17, 15) is 4.79 Å². The summed E-state index contributed by atoms with van der Waals surface area (Å²) in [6.07, 6.45) is 4.82. The Labute approximate surface area is 121 Å². The molecular weight excluding hydrogens is 252 g/mol. The van der Waals surface area contributed by atoms with Crippen molar-refractivity contribution in [2.75, 3.05) is 20.7 Å². The van der Waals surface area contributed by atoms with E-state index < -0.39 is 0 Å². The van der Waals surface area contributed by atoms with Gasteiger partial charge in [-0.3, -0.25) is 4.79 Å². The Morgan fingerprint density at radius 1 is 1.15 bits per heavy atom. The van der Waals surface area contributed by atoms with Crippen LogP contribution in [0.1, 0.15) is 37.7 Å². The quantitative estimate of drug-likeness (QED) is 0.706. The van der Waals surface area contributed by atoms with Crippen LogP contribution in [0.25, 0.3) is 0 Å². The monoisotopic (exact) mass is 278 g/mol. The van der Waals surface area contributed by atoms with Gasteiger partial charge < -0.3 is 15.4 Å². The van der Waals surface area contributed by atoms with Crippen LogP contribution in [0.4, 0.5) is 0 Å². The molecule has 0 fully saturated rings. The Bertz CT molecular complexity index is 390. The summed E-state index contributed by atoms with van der Waals surface area (Å²) in [4.78, 5) is 13.8. The van der Waals surface area contributed by atoms with E-state index in [1.807, 2.05) is 31.3 Å². The SMILES string of the molecule is COc1ccc(CN(C)C(=O)CCCCCCN)cc1. The van der Waals surface area contributed by atoms with E-state index in [0.717, 1.165) is 43.5 Å². The highest BCUT2D eigenvalue weighted by Crippen LogP contribution is 2.13. The normalized spacial score (nSPS) is 10.3. The Morgan fingerprint density at radius 3 is 2.40 bits per heavy atom. The lowest BCUT2D eigenvalue weighted by atomic mass is 10.1. The van der Waals surface area contributed by atoms with Gasteiger partial charge in [0.1, 0.15) is 5.75 Å². The summed E-state index contributed by atoms with van der Waals surface area (Å²) in [7, 11) is 3.50. The van der Waals surface area contributed by atoms with E-state index in [0.29, 0.717) is 13.0 Å².